The van der Waals surface area contributed by atoms with E-state index in [-0.39, 0.29) is 10.6 Å². The number of rotatable bonds is 4. The molecule has 0 aliphatic carbocycles. The minimum Gasteiger partial charge on any atom is -0.279 e. The van der Waals surface area contributed by atoms with Gasteiger partial charge in [0.1, 0.15) is 0 Å². The van der Waals surface area contributed by atoms with Gasteiger partial charge in [0.25, 0.3) is 15.7 Å². The largest absolute Gasteiger partial charge is 0.279 e. The summed E-state index contributed by atoms with van der Waals surface area (Å²) in [5, 5.41) is 11.1. The van der Waals surface area contributed by atoms with Crippen molar-refractivity contribution in [2.24, 2.45) is 0 Å². The molecular weight excluding hydrogens is 340 g/mol. The van der Waals surface area contributed by atoms with E-state index < -0.39 is 20.4 Å². The maximum Gasteiger partial charge on any atom is 0.270 e. The van der Waals surface area contributed by atoms with Crippen LogP contribution >= 0.6 is 0 Å². The molecule has 6 nitrogen and oxygen atoms in total. The Hall–Kier alpha value is -2.41. The monoisotopic (exact) mass is 362 g/mol. The second-order valence-corrected chi connectivity index (χ2v) is 8.79. The number of nitrogens with one attached hydrogen (secondary N) is 1. The van der Waals surface area contributed by atoms with E-state index in [1.165, 1.54) is 24.3 Å². The first kappa shape index (κ1) is 18.9. The maximum atomic E-state index is 12.7. The maximum absolute atomic E-state index is 12.7. The van der Waals surface area contributed by atoms with Crippen LogP contribution < -0.4 is 4.72 Å². The van der Waals surface area contributed by atoms with Crippen LogP contribution in [0.3, 0.4) is 0 Å². The zero-order valence-corrected chi connectivity index (χ0v) is 15.8. The number of anilines is 1. The van der Waals surface area contributed by atoms with Crippen molar-refractivity contribution in [1.82, 2.24) is 0 Å². The van der Waals surface area contributed by atoms with Crippen LogP contribution in [0.2, 0.25) is 0 Å². The first-order chi connectivity index (χ1) is 11.4. The summed E-state index contributed by atoms with van der Waals surface area (Å²) in [6, 6.07) is 9.33. The van der Waals surface area contributed by atoms with Crippen molar-refractivity contribution in [3.8, 4) is 0 Å². The summed E-state index contributed by atoms with van der Waals surface area (Å²) in [6.45, 7) is 9.19. The van der Waals surface area contributed by atoms with Gasteiger partial charge in [-0.2, -0.15) is 0 Å². The molecule has 2 aromatic rings. The van der Waals surface area contributed by atoms with Gasteiger partial charge in [-0.15, -0.1) is 0 Å². The highest BCUT2D eigenvalue weighted by molar-refractivity contribution is 7.92. The molecular formula is C18H22N2O4S. The van der Waals surface area contributed by atoms with Gasteiger partial charge in [-0.1, -0.05) is 38.5 Å². The lowest BCUT2D eigenvalue weighted by Crippen LogP contribution is -2.20. The molecule has 0 unspecified atom stereocenters. The van der Waals surface area contributed by atoms with Crippen LogP contribution in [-0.2, 0) is 15.4 Å². The lowest BCUT2D eigenvalue weighted by molar-refractivity contribution is -0.385. The molecule has 0 spiro atoms. The van der Waals surface area contributed by atoms with Crippen molar-refractivity contribution < 1.29 is 13.3 Å². The van der Waals surface area contributed by atoms with Crippen molar-refractivity contribution >= 4 is 21.4 Å². The number of hydrogen-bond acceptors (Lipinski definition) is 4. The fourth-order valence-electron chi connectivity index (χ4n) is 2.51. The van der Waals surface area contributed by atoms with Crippen molar-refractivity contribution in [1.29, 1.82) is 0 Å². The summed E-state index contributed by atoms with van der Waals surface area (Å²) in [5.74, 6) is 0. The number of aryl methyl sites for hydroxylation is 2. The molecule has 0 bridgehead atoms. The highest BCUT2D eigenvalue weighted by atomic mass is 32.2. The molecule has 134 valence electrons. The molecule has 0 amide bonds. The molecule has 0 aliphatic heterocycles. The van der Waals surface area contributed by atoms with Crippen LogP contribution in [0.15, 0.2) is 41.3 Å². The molecule has 0 fully saturated rings. The van der Waals surface area contributed by atoms with E-state index in [1.54, 1.807) is 19.1 Å². The zero-order valence-electron chi connectivity index (χ0n) is 15.0. The summed E-state index contributed by atoms with van der Waals surface area (Å²) < 4.78 is 28.0. The third-order valence-corrected chi connectivity index (χ3v) is 5.27. The Labute approximate surface area is 148 Å². The predicted molar refractivity (Wildman–Crippen MR) is 98.5 cm³/mol. The van der Waals surface area contributed by atoms with E-state index in [0.29, 0.717) is 16.8 Å². The van der Waals surface area contributed by atoms with Crippen LogP contribution in [0.4, 0.5) is 11.4 Å². The third-order valence-electron chi connectivity index (χ3n) is 3.91. The van der Waals surface area contributed by atoms with Gasteiger partial charge in [-0.3, -0.25) is 14.8 Å². The fraction of sp³-hybridized carbons (Fsp3) is 0.333. The fourth-order valence-corrected chi connectivity index (χ4v) is 3.66. The summed E-state index contributed by atoms with van der Waals surface area (Å²) in [5.41, 5.74) is 1.91. The molecule has 25 heavy (non-hydrogen) atoms. The Morgan fingerprint density at radius 2 is 1.60 bits per heavy atom. The molecule has 2 aromatic carbocycles. The second-order valence-electron chi connectivity index (χ2n) is 7.11. The highest BCUT2D eigenvalue weighted by Crippen LogP contribution is 2.36. The lowest BCUT2D eigenvalue weighted by atomic mass is 9.84. The molecule has 0 aliphatic rings. The number of nitro benzene ring substituents is 1. The number of non-ortho nitro benzene ring substituents is 1. The van der Waals surface area contributed by atoms with E-state index >= 15 is 0 Å². The van der Waals surface area contributed by atoms with Gasteiger partial charge in [0.15, 0.2) is 0 Å². The third kappa shape index (κ3) is 4.17. The van der Waals surface area contributed by atoms with Crippen LogP contribution in [0.5, 0.6) is 0 Å². The quantitative estimate of drug-likeness (QED) is 0.648. The summed E-state index contributed by atoms with van der Waals surface area (Å²) in [7, 11) is -3.79. The van der Waals surface area contributed by atoms with Crippen LogP contribution in [0.1, 0.15) is 37.5 Å². The molecule has 0 aromatic heterocycles. The topological polar surface area (TPSA) is 89.3 Å². The average Bonchev–Trinajstić information content (AvgIpc) is 2.48. The van der Waals surface area contributed by atoms with E-state index in [2.05, 4.69) is 4.72 Å². The second kappa shape index (κ2) is 6.48. The molecule has 0 saturated heterocycles. The Balaban J connectivity index is 2.58. The van der Waals surface area contributed by atoms with E-state index in [4.69, 9.17) is 0 Å². The van der Waals surface area contributed by atoms with Gasteiger partial charge in [-0.25, -0.2) is 8.42 Å². The summed E-state index contributed by atoms with van der Waals surface area (Å²) in [6.07, 6.45) is 0. The van der Waals surface area contributed by atoms with Crippen LogP contribution in [-0.4, -0.2) is 13.3 Å². The minimum atomic E-state index is -3.79. The minimum absolute atomic E-state index is 0.0549. The Morgan fingerprint density at radius 3 is 2.08 bits per heavy atom. The molecule has 0 radical (unpaired) electrons. The number of nitro groups is 1. The van der Waals surface area contributed by atoms with Gasteiger partial charge in [0.05, 0.1) is 15.5 Å². The smallest absolute Gasteiger partial charge is 0.270 e. The predicted octanol–water partition coefficient (Wildman–Crippen LogP) is 4.31. The van der Waals surface area contributed by atoms with Crippen molar-refractivity contribution in [3.05, 3.63) is 63.2 Å². The van der Waals surface area contributed by atoms with Gasteiger partial charge < -0.3 is 0 Å². The molecule has 0 saturated carbocycles. The van der Waals surface area contributed by atoms with Gasteiger partial charge in [0, 0.05) is 12.1 Å². The first-order valence-electron chi connectivity index (χ1n) is 7.81. The average molecular weight is 362 g/mol. The summed E-state index contributed by atoms with van der Waals surface area (Å²) in [4.78, 5) is 10.8. The van der Waals surface area contributed by atoms with Gasteiger partial charge >= 0.3 is 0 Å². The zero-order chi connectivity index (χ0) is 19.0. The molecule has 7 heteroatoms. The van der Waals surface area contributed by atoms with Crippen LogP contribution in [0.25, 0.3) is 0 Å². The SMILES string of the molecule is Cc1ccc(S(=O)(=O)Nc2c(C)cc([N+](=O)[O-])cc2C(C)(C)C)cc1. The van der Waals surface area contributed by atoms with E-state index in [1.807, 2.05) is 27.7 Å². The Kier molecular flexibility index (Phi) is 4.90. The Morgan fingerprint density at radius 1 is 1.04 bits per heavy atom. The number of benzene rings is 2. The molecule has 0 atom stereocenters. The molecule has 0 heterocycles. The molecule has 2 rings (SSSR count). The van der Waals surface area contributed by atoms with Gasteiger partial charge in [-0.05, 0) is 42.5 Å². The highest BCUT2D eigenvalue weighted by Gasteiger charge is 2.26. The lowest BCUT2D eigenvalue weighted by Gasteiger charge is -2.24. The number of sulfonamides is 1. The molecule has 1 N–H and O–H groups in total. The van der Waals surface area contributed by atoms with Gasteiger partial charge in [0.2, 0.25) is 0 Å². The van der Waals surface area contributed by atoms with Crippen LogP contribution in [0, 0.1) is 24.0 Å². The van der Waals surface area contributed by atoms with E-state index in [9.17, 15) is 18.5 Å². The van der Waals surface area contributed by atoms with E-state index in [0.717, 1.165) is 5.56 Å². The number of hydrogen-bond donors (Lipinski definition) is 1. The summed E-state index contributed by atoms with van der Waals surface area (Å²) >= 11 is 0. The van der Waals surface area contributed by atoms with Crippen molar-refractivity contribution in [2.45, 2.75) is 44.9 Å². The first-order valence-corrected chi connectivity index (χ1v) is 9.29. The normalized spacial score (nSPS) is 12.0. The Bertz CT molecular complexity index is 911. The number of nitrogens with zero attached hydrogens (tertiary/aromatic N) is 1. The standard InChI is InChI=1S/C18H22N2O4S/c1-12-6-8-15(9-7-12)25(23,24)19-17-13(2)10-14(20(21)22)11-16(17)18(3,4)5/h6-11,19H,1-5H3. The van der Waals surface area contributed by atoms with Crippen molar-refractivity contribution in [3.63, 3.8) is 0 Å². The van der Waals surface area contributed by atoms with Crippen molar-refractivity contribution in [2.75, 3.05) is 4.72 Å².